The zero-order valence-corrected chi connectivity index (χ0v) is 13.4. The second-order valence-corrected chi connectivity index (χ2v) is 5.53. The largest absolute Gasteiger partial charge is 0.419 e. The Labute approximate surface area is 141 Å². The number of carbonyl (C=O) groups is 1. The fraction of sp³-hybridized carbons (Fsp3) is 0.176. The van der Waals surface area contributed by atoms with Crippen LogP contribution in [0.25, 0.3) is 16.8 Å². The molecule has 0 unspecified atom stereocenters. The van der Waals surface area contributed by atoms with Crippen molar-refractivity contribution in [3.63, 3.8) is 0 Å². The number of Topliss-reactive ketones (excluding diaryl/α,β-unsaturated/α-hetero) is 1. The van der Waals surface area contributed by atoms with E-state index in [1.807, 2.05) is 0 Å². The number of pyridine rings is 2. The lowest BCUT2D eigenvalue weighted by molar-refractivity contribution is -0.137. The average Bonchev–Trinajstić information content (AvgIpc) is 3.05. The third-order valence-corrected chi connectivity index (χ3v) is 3.63. The molecule has 0 saturated carbocycles. The van der Waals surface area contributed by atoms with E-state index in [0.717, 1.165) is 17.1 Å². The minimum Gasteiger partial charge on any atom is -0.294 e. The first-order valence-electron chi connectivity index (χ1n) is 7.31. The number of hydrogen-bond donors (Lipinski definition) is 0. The van der Waals surface area contributed by atoms with E-state index in [1.165, 1.54) is 25.5 Å². The summed E-state index contributed by atoms with van der Waals surface area (Å²) in [7, 11) is 0. The number of carbonyl (C=O) groups excluding carboxylic acids is 1. The summed E-state index contributed by atoms with van der Waals surface area (Å²) in [6.45, 7) is 3.14. The number of hydrogen-bond acceptors (Lipinski definition) is 4. The molecule has 0 atom stereocenters. The van der Waals surface area contributed by atoms with Crippen LogP contribution >= 0.6 is 0 Å². The molecule has 0 amide bonds. The van der Waals surface area contributed by atoms with Crippen molar-refractivity contribution in [1.82, 2.24) is 19.7 Å². The molecule has 0 aliphatic rings. The lowest BCUT2D eigenvalue weighted by Gasteiger charge is -2.11. The predicted molar refractivity (Wildman–Crippen MR) is 84.3 cm³/mol. The summed E-state index contributed by atoms with van der Waals surface area (Å²) < 4.78 is 39.7. The Kier molecular flexibility index (Phi) is 4.12. The Morgan fingerprint density at radius 3 is 2.52 bits per heavy atom. The van der Waals surface area contributed by atoms with Gasteiger partial charge in [-0.2, -0.15) is 18.3 Å². The zero-order valence-electron chi connectivity index (χ0n) is 13.4. The van der Waals surface area contributed by atoms with Gasteiger partial charge in [-0.3, -0.25) is 14.8 Å². The molecule has 128 valence electrons. The minimum absolute atomic E-state index is 0.158. The summed E-state index contributed by atoms with van der Waals surface area (Å²) >= 11 is 0. The van der Waals surface area contributed by atoms with Crippen LogP contribution in [0.1, 0.15) is 28.5 Å². The van der Waals surface area contributed by atoms with Crippen molar-refractivity contribution in [2.75, 3.05) is 0 Å². The highest BCUT2D eigenvalue weighted by Gasteiger charge is 2.32. The van der Waals surface area contributed by atoms with Crippen molar-refractivity contribution in [2.24, 2.45) is 0 Å². The normalized spacial score (nSPS) is 11.6. The minimum atomic E-state index is -4.48. The monoisotopic (exact) mass is 346 g/mol. The van der Waals surface area contributed by atoms with Gasteiger partial charge in [0.25, 0.3) is 0 Å². The standard InChI is InChI=1S/C17H13F3N4O/c1-10-3-16(24-9-14(7-23-24)17(18,19)20)15(8-22-10)13-4-12(11(2)25)5-21-6-13/h3-9H,1-2H3. The molecule has 0 radical (unpaired) electrons. The first-order valence-corrected chi connectivity index (χ1v) is 7.31. The number of alkyl halides is 3. The van der Waals surface area contributed by atoms with Crippen LogP contribution in [0.3, 0.4) is 0 Å². The van der Waals surface area contributed by atoms with Crippen LogP contribution in [0.2, 0.25) is 0 Å². The third-order valence-electron chi connectivity index (χ3n) is 3.63. The molecular weight excluding hydrogens is 333 g/mol. The third kappa shape index (κ3) is 3.42. The molecular formula is C17H13F3N4O. The van der Waals surface area contributed by atoms with E-state index in [-0.39, 0.29) is 5.78 Å². The molecule has 3 rings (SSSR count). The number of halogens is 3. The van der Waals surface area contributed by atoms with Crippen molar-refractivity contribution < 1.29 is 18.0 Å². The van der Waals surface area contributed by atoms with E-state index in [0.29, 0.717) is 28.1 Å². The summed E-state index contributed by atoms with van der Waals surface area (Å²) in [6.07, 6.45) is 1.70. The fourth-order valence-corrected chi connectivity index (χ4v) is 2.34. The van der Waals surface area contributed by atoms with Gasteiger partial charge in [0, 0.05) is 47.2 Å². The second-order valence-electron chi connectivity index (χ2n) is 5.53. The van der Waals surface area contributed by atoms with E-state index >= 15 is 0 Å². The number of rotatable bonds is 3. The average molecular weight is 346 g/mol. The summed E-state index contributed by atoms with van der Waals surface area (Å²) in [6, 6.07) is 3.25. The van der Waals surface area contributed by atoms with Crippen molar-refractivity contribution in [3.8, 4) is 16.8 Å². The van der Waals surface area contributed by atoms with E-state index in [2.05, 4.69) is 15.1 Å². The molecule has 0 aliphatic heterocycles. The first kappa shape index (κ1) is 16.8. The highest BCUT2D eigenvalue weighted by atomic mass is 19.4. The molecule has 0 spiro atoms. The molecule has 0 aromatic carbocycles. The predicted octanol–water partition coefficient (Wildman–Crippen LogP) is 3.86. The van der Waals surface area contributed by atoms with Crippen LogP contribution in [0.15, 0.2) is 43.1 Å². The van der Waals surface area contributed by atoms with Crippen LogP contribution < -0.4 is 0 Å². The lowest BCUT2D eigenvalue weighted by atomic mass is 10.0. The molecule has 0 aliphatic carbocycles. The molecule has 5 nitrogen and oxygen atoms in total. The lowest BCUT2D eigenvalue weighted by Crippen LogP contribution is -2.04. The number of aryl methyl sites for hydroxylation is 1. The van der Waals surface area contributed by atoms with Crippen molar-refractivity contribution >= 4 is 5.78 Å². The summed E-state index contributed by atoms with van der Waals surface area (Å²) in [5, 5.41) is 3.82. The van der Waals surface area contributed by atoms with Crippen LogP contribution in [0.5, 0.6) is 0 Å². The molecule has 8 heteroatoms. The summed E-state index contributed by atoms with van der Waals surface area (Å²) in [5.74, 6) is -0.158. The van der Waals surface area contributed by atoms with Gasteiger partial charge < -0.3 is 0 Å². The van der Waals surface area contributed by atoms with E-state index in [9.17, 15) is 18.0 Å². The summed E-state index contributed by atoms with van der Waals surface area (Å²) in [5.41, 5.74) is 1.70. The zero-order chi connectivity index (χ0) is 18.2. The Bertz CT molecular complexity index is 947. The first-order chi connectivity index (χ1) is 11.8. The van der Waals surface area contributed by atoms with Gasteiger partial charge in [-0.15, -0.1) is 0 Å². The van der Waals surface area contributed by atoms with E-state index < -0.39 is 11.7 Å². The Morgan fingerprint density at radius 2 is 1.88 bits per heavy atom. The maximum Gasteiger partial charge on any atom is 0.419 e. The molecule has 3 heterocycles. The molecule has 25 heavy (non-hydrogen) atoms. The quantitative estimate of drug-likeness (QED) is 0.676. The Balaban J connectivity index is 2.15. The van der Waals surface area contributed by atoms with E-state index in [4.69, 9.17) is 0 Å². The van der Waals surface area contributed by atoms with Gasteiger partial charge in [-0.05, 0) is 26.0 Å². The van der Waals surface area contributed by atoms with Gasteiger partial charge in [-0.25, -0.2) is 4.68 Å². The van der Waals surface area contributed by atoms with Crippen molar-refractivity contribution in [1.29, 1.82) is 0 Å². The Hall–Kier alpha value is -3.03. The van der Waals surface area contributed by atoms with Crippen molar-refractivity contribution in [2.45, 2.75) is 20.0 Å². The van der Waals surface area contributed by atoms with Gasteiger partial charge in [-0.1, -0.05) is 0 Å². The maximum absolute atomic E-state index is 12.8. The molecule has 3 aromatic rings. The maximum atomic E-state index is 12.8. The van der Waals surface area contributed by atoms with Crippen LogP contribution in [0, 0.1) is 6.92 Å². The molecule has 0 saturated heterocycles. The number of ketones is 1. The van der Waals surface area contributed by atoms with Gasteiger partial charge in [0.05, 0.1) is 17.4 Å². The molecule has 3 aromatic heterocycles. The van der Waals surface area contributed by atoms with Gasteiger partial charge in [0.1, 0.15) is 0 Å². The summed E-state index contributed by atoms with van der Waals surface area (Å²) in [4.78, 5) is 19.8. The fourth-order valence-electron chi connectivity index (χ4n) is 2.34. The van der Waals surface area contributed by atoms with Crippen LogP contribution in [-0.4, -0.2) is 25.5 Å². The molecule has 0 fully saturated rings. The number of aromatic nitrogens is 4. The topological polar surface area (TPSA) is 60.7 Å². The highest BCUT2D eigenvalue weighted by Crippen LogP contribution is 2.31. The van der Waals surface area contributed by atoms with Crippen molar-refractivity contribution in [3.05, 3.63) is 59.9 Å². The van der Waals surface area contributed by atoms with Crippen LogP contribution in [-0.2, 0) is 6.18 Å². The van der Waals surface area contributed by atoms with E-state index in [1.54, 1.807) is 19.1 Å². The molecule has 0 bridgehead atoms. The SMILES string of the molecule is CC(=O)c1cncc(-c2cnc(C)cc2-n2cc(C(F)(F)F)cn2)c1. The molecule has 0 N–H and O–H groups in total. The Morgan fingerprint density at radius 1 is 1.12 bits per heavy atom. The van der Waals surface area contributed by atoms with Crippen LogP contribution in [0.4, 0.5) is 13.2 Å². The van der Waals surface area contributed by atoms with Gasteiger partial charge in [0.15, 0.2) is 5.78 Å². The number of nitrogens with zero attached hydrogens (tertiary/aromatic N) is 4. The smallest absolute Gasteiger partial charge is 0.294 e. The van der Waals surface area contributed by atoms with Gasteiger partial charge >= 0.3 is 6.18 Å². The highest BCUT2D eigenvalue weighted by molar-refractivity contribution is 5.95. The second kappa shape index (κ2) is 6.12. The van der Waals surface area contributed by atoms with Gasteiger partial charge in [0.2, 0.25) is 0 Å².